The number of nitrogens with one attached hydrogen (secondary N) is 2. The molecule has 0 aromatic heterocycles. The summed E-state index contributed by atoms with van der Waals surface area (Å²) in [6.45, 7) is 2.15. The maximum absolute atomic E-state index is 4.46. The van der Waals surface area contributed by atoms with E-state index in [-0.39, 0.29) is 21.3 Å². The molecular weight excluding hydrogens is 241 g/mol. The van der Waals surface area contributed by atoms with Crippen molar-refractivity contribution in [1.82, 2.24) is 8.85 Å². The first-order chi connectivity index (χ1) is 4.97. The highest BCUT2D eigenvalue weighted by molar-refractivity contribution is 14.1. The molecule has 56 valence electrons. The Hall–Kier alpha value is 0.0300. The highest BCUT2D eigenvalue weighted by Gasteiger charge is 2.12. The molecular formula is C6H10IN3. The van der Waals surface area contributed by atoms with Gasteiger partial charge in [0.1, 0.15) is 21.3 Å². The molecule has 10 heavy (non-hydrogen) atoms. The van der Waals surface area contributed by atoms with Crippen LogP contribution in [0.3, 0.4) is 0 Å². The molecule has 0 spiro atoms. The maximum atomic E-state index is 4.46. The van der Waals surface area contributed by atoms with Crippen molar-refractivity contribution < 1.29 is 0 Å². The first-order valence-corrected chi connectivity index (χ1v) is 5.54. The van der Waals surface area contributed by atoms with Crippen LogP contribution in [-0.2, 0) is 0 Å². The second-order valence-electron chi connectivity index (χ2n) is 2.47. The predicted molar refractivity (Wildman–Crippen MR) is 48.7 cm³/mol. The fourth-order valence-electron chi connectivity index (χ4n) is 1.15. The summed E-state index contributed by atoms with van der Waals surface area (Å²) in [7, 11) is 0. The molecule has 0 radical (unpaired) electrons. The van der Waals surface area contributed by atoms with Crippen molar-refractivity contribution in [3.05, 3.63) is 11.4 Å². The van der Waals surface area contributed by atoms with Crippen LogP contribution in [0.25, 0.3) is 0 Å². The third kappa shape index (κ3) is 1.22. The van der Waals surface area contributed by atoms with E-state index in [0.717, 1.165) is 13.1 Å². The lowest BCUT2D eigenvalue weighted by Gasteiger charge is -1.99. The fourth-order valence-corrected chi connectivity index (χ4v) is 2.89. The lowest BCUT2D eigenvalue weighted by Crippen LogP contribution is -2.19. The molecule has 0 unspecified atom stereocenters. The molecule has 2 N–H and O–H groups in total. The van der Waals surface area contributed by atoms with Gasteiger partial charge in [-0.1, -0.05) is 0 Å². The summed E-state index contributed by atoms with van der Waals surface area (Å²) in [4.78, 5) is 0. The van der Waals surface area contributed by atoms with Crippen LogP contribution >= 0.6 is 21.3 Å². The monoisotopic (exact) mass is 251 g/mol. The van der Waals surface area contributed by atoms with Crippen LogP contribution in [0.2, 0.25) is 0 Å². The molecule has 0 bridgehead atoms. The Morgan fingerprint density at radius 2 is 2.50 bits per heavy atom. The zero-order chi connectivity index (χ0) is 6.81. The molecule has 2 heterocycles. The van der Waals surface area contributed by atoms with Gasteiger partial charge in [-0.25, -0.2) is 3.15 Å². The third-order valence-corrected chi connectivity index (χ3v) is 3.43. The van der Waals surface area contributed by atoms with Gasteiger partial charge in [-0.3, -0.25) is 0 Å². The van der Waals surface area contributed by atoms with Crippen molar-refractivity contribution in [3.63, 3.8) is 0 Å². The lowest BCUT2D eigenvalue weighted by molar-refractivity contribution is 0.706. The SMILES string of the molecule is C1CNCC2=C(C1)N=IN2. The van der Waals surface area contributed by atoms with Gasteiger partial charge in [0.05, 0.1) is 11.4 Å². The molecule has 0 aromatic carbocycles. The fraction of sp³-hybridized carbons (Fsp3) is 0.667. The molecule has 0 saturated heterocycles. The van der Waals surface area contributed by atoms with Crippen molar-refractivity contribution in [2.75, 3.05) is 13.1 Å². The average molecular weight is 251 g/mol. The van der Waals surface area contributed by atoms with Gasteiger partial charge in [-0.05, 0) is 19.4 Å². The molecule has 2 aliphatic heterocycles. The highest BCUT2D eigenvalue weighted by atomic mass is 127. The van der Waals surface area contributed by atoms with E-state index in [1.54, 1.807) is 0 Å². The topological polar surface area (TPSA) is 36.4 Å². The van der Waals surface area contributed by atoms with Crippen LogP contribution in [-0.4, -0.2) is 13.1 Å². The van der Waals surface area contributed by atoms with Crippen molar-refractivity contribution in [3.8, 4) is 0 Å². The van der Waals surface area contributed by atoms with E-state index in [1.807, 2.05) is 0 Å². The number of hydrogen-bond donors (Lipinski definition) is 2. The second kappa shape index (κ2) is 2.96. The third-order valence-electron chi connectivity index (χ3n) is 1.72. The quantitative estimate of drug-likeness (QED) is 0.502. The molecule has 3 nitrogen and oxygen atoms in total. The van der Waals surface area contributed by atoms with Gasteiger partial charge < -0.3 is 8.85 Å². The smallest absolute Gasteiger partial charge is 0.118 e. The molecule has 0 fully saturated rings. The highest BCUT2D eigenvalue weighted by Crippen LogP contribution is 2.23. The molecule has 2 rings (SSSR count). The zero-order valence-electron chi connectivity index (χ0n) is 5.65. The van der Waals surface area contributed by atoms with Gasteiger partial charge in [0, 0.05) is 6.54 Å². The van der Waals surface area contributed by atoms with Crippen molar-refractivity contribution in [2.24, 2.45) is 3.15 Å². The first-order valence-electron chi connectivity index (χ1n) is 3.50. The summed E-state index contributed by atoms with van der Waals surface area (Å²) in [5.41, 5.74) is 2.71. The van der Waals surface area contributed by atoms with Gasteiger partial charge in [0.15, 0.2) is 0 Å². The number of hydrogen-bond acceptors (Lipinski definition) is 3. The largest absolute Gasteiger partial charge is 0.320 e. The molecule has 0 amide bonds. The minimum absolute atomic E-state index is 0.0622. The van der Waals surface area contributed by atoms with Crippen molar-refractivity contribution in [1.29, 1.82) is 0 Å². The number of nitrogens with zero attached hydrogens (tertiary/aromatic N) is 1. The second-order valence-corrected chi connectivity index (χ2v) is 3.97. The Morgan fingerprint density at radius 1 is 1.50 bits per heavy atom. The van der Waals surface area contributed by atoms with E-state index in [0.29, 0.717) is 0 Å². The minimum atomic E-state index is -0.0622. The molecule has 4 heteroatoms. The van der Waals surface area contributed by atoms with Crippen molar-refractivity contribution in [2.45, 2.75) is 12.8 Å². The number of allylic oxidation sites excluding steroid dienone is 1. The molecule has 0 aromatic rings. The van der Waals surface area contributed by atoms with Gasteiger partial charge in [-0.15, -0.1) is 0 Å². The summed E-state index contributed by atoms with van der Waals surface area (Å²) >= 11 is -0.0622. The van der Waals surface area contributed by atoms with E-state index in [9.17, 15) is 0 Å². The van der Waals surface area contributed by atoms with Gasteiger partial charge in [-0.2, -0.15) is 0 Å². The first kappa shape index (κ1) is 6.72. The Kier molecular flexibility index (Phi) is 1.99. The van der Waals surface area contributed by atoms with E-state index in [2.05, 4.69) is 12.0 Å². The van der Waals surface area contributed by atoms with Gasteiger partial charge >= 0.3 is 0 Å². The van der Waals surface area contributed by atoms with Crippen LogP contribution in [0.5, 0.6) is 0 Å². The molecule has 0 atom stereocenters. The summed E-state index contributed by atoms with van der Waals surface area (Å²) in [5.74, 6) is 0. The van der Waals surface area contributed by atoms with Crippen LogP contribution in [0.15, 0.2) is 14.5 Å². The number of halogens is 1. The van der Waals surface area contributed by atoms with E-state index < -0.39 is 0 Å². The standard InChI is InChI=1S/C6H10IN3/c1-2-5-6(4-8-3-1)10-7-9-5/h8H,1-4H2,(H,9,10). The average Bonchev–Trinajstić information content (AvgIpc) is 2.28. The molecule has 0 saturated carbocycles. The normalized spacial score (nSPS) is 24.8. The molecule has 2 aliphatic rings. The Balaban J connectivity index is 2.16. The van der Waals surface area contributed by atoms with Crippen LogP contribution < -0.4 is 8.85 Å². The Bertz CT molecular complexity index is 197. The maximum Gasteiger partial charge on any atom is 0.118 e. The van der Waals surface area contributed by atoms with Crippen LogP contribution in [0, 0.1) is 0 Å². The van der Waals surface area contributed by atoms with Crippen LogP contribution in [0.4, 0.5) is 0 Å². The van der Waals surface area contributed by atoms with E-state index in [4.69, 9.17) is 0 Å². The van der Waals surface area contributed by atoms with E-state index >= 15 is 0 Å². The number of rotatable bonds is 0. The summed E-state index contributed by atoms with van der Waals surface area (Å²) < 4.78 is 7.82. The summed E-state index contributed by atoms with van der Waals surface area (Å²) in [5, 5.41) is 3.36. The summed E-state index contributed by atoms with van der Waals surface area (Å²) in [6, 6.07) is 0. The Morgan fingerprint density at radius 3 is 3.50 bits per heavy atom. The van der Waals surface area contributed by atoms with Crippen LogP contribution in [0.1, 0.15) is 12.8 Å². The predicted octanol–water partition coefficient (Wildman–Crippen LogP) is 1.25. The zero-order valence-corrected chi connectivity index (χ0v) is 7.81. The minimum Gasteiger partial charge on any atom is -0.320 e. The lowest BCUT2D eigenvalue weighted by atomic mass is 10.2. The molecule has 0 aliphatic carbocycles. The van der Waals surface area contributed by atoms with Crippen molar-refractivity contribution >= 4 is 21.3 Å². The summed E-state index contributed by atoms with van der Waals surface area (Å²) in [6.07, 6.45) is 2.42. The van der Waals surface area contributed by atoms with Gasteiger partial charge in [0.2, 0.25) is 0 Å². The van der Waals surface area contributed by atoms with E-state index in [1.165, 1.54) is 24.2 Å². The Labute approximate surface area is 70.8 Å². The van der Waals surface area contributed by atoms with Gasteiger partial charge in [0.25, 0.3) is 0 Å².